The first-order chi connectivity index (χ1) is 8.06. The molecule has 2 atom stereocenters. The van der Waals surface area contributed by atoms with Gasteiger partial charge in [-0.2, -0.15) is 0 Å². The van der Waals surface area contributed by atoms with E-state index >= 15 is 0 Å². The molecule has 0 saturated heterocycles. The van der Waals surface area contributed by atoms with Crippen molar-refractivity contribution in [1.82, 2.24) is 0 Å². The Morgan fingerprint density at radius 3 is 2.24 bits per heavy atom. The third-order valence-corrected chi connectivity index (χ3v) is 2.91. The predicted molar refractivity (Wildman–Crippen MR) is 72.9 cm³/mol. The average Bonchev–Trinajstić information content (AvgIpc) is 2.26. The lowest BCUT2D eigenvalue weighted by molar-refractivity contribution is -0.141. The lowest BCUT2D eigenvalue weighted by Crippen LogP contribution is -2.04. The molecular formula is C15H28O2. The number of carbonyl (C=O) groups is 1. The van der Waals surface area contributed by atoms with Crippen LogP contribution < -0.4 is 0 Å². The third-order valence-electron chi connectivity index (χ3n) is 2.91. The molecule has 0 fully saturated rings. The van der Waals surface area contributed by atoms with Crippen LogP contribution in [0.25, 0.3) is 0 Å². The summed E-state index contributed by atoms with van der Waals surface area (Å²) >= 11 is 0. The molecule has 0 radical (unpaired) electrons. The molecule has 100 valence electrons. The summed E-state index contributed by atoms with van der Waals surface area (Å²) in [7, 11) is 0. The zero-order valence-electron chi connectivity index (χ0n) is 11.9. The van der Waals surface area contributed by atoms with E-state index in [1.54, 1.807) is 0 Å². The maximum Gasteiger partial charge on any atom is 0.302 e. The molecule has 0 spiro atoms. The van der Waals surface area contributed by atoms with Gasteiger partial charge in [0, 0.05) is 6.92 Å². The Balaban J connectivity index is 3.62. The molecule has 0 aliphatic rings. The van der Waals surface area contributed by atoms with Crippen molar-refractivity contribution in [3.8, 4) is 0 Å². The summed E-state index contributed by atoms with van der Waals surface area (Å²) in [6, 6.07) is 0. The van der Waals surface area contributed by atoms with Gasteiger partial charge >= 0.3 is 5.97 Å². The van der Waals surface area contributed by atoms with E-state index in [-0.39, 0.29) is 5.97 Å². The van der Waals surface area contributed by atoms with E-state index in [9.17, 15) is 4.79 Å². The van der Waals surface area contributed by atoms with Gasteiger partial charge in [0.2, 0.25) is 0 Å². The first kappa shape index (κ1) is 16.2. The van der Waals surface area contributed by atoms with Gasteiger partial charge in [0.25, 0.3) is 0 Å². The summed E-state index contributed by atoms with van der Waals surface area (Å²) in [5, 5.41) is 0. The average molecular weight is 240 g/mol. The van der Waals surface area contributed by atoms with Gasteiger partial charge in [-0.3, -0.25) is 4.79 Å². The van der Waals surface area contributed by atoms with Gasteiger partial charge in [-0.15, -0.1) is 0 Å². The molecule has 0 aliphatic heterocycles. The molecule has 0 saturated carbocycles. The van der Waals surface area contributed by atoms with Crippen LogP contribution in [0.4, 0.5) is 0 Å². The van der Waals surface area contributed by atoms with E-state index < -0.39 is 0 Å². The van der Waals surface area contributed by atoms with E-state index in [1.807, 2.05) is 0 Å². The predicted octanol–water partition coefficient (Wildman–Crippen LogP) is 4.35. The lowest BCUT2D eigenvalue weighted by Gasteiger charge is -2.09. The number of esters is 1. The number of carbonyl (C=O) groups excluding carboxylic acids is 1. The van der Waals surface area contributed by atoms with Crippen LogP contribution >= 0.6 is 0 Å². The fraction of sp³-hybridized carbons (Fsp3) is 0.800. The molecule has 0 aromatic heterocycles. The molecule has 0 bridgehead atoms. The van der Waals surface area contributed by atoms with E-state index in [4.69, 9.17) is 4.74 Å². The second-order valence-electron chi connectivity index (χ2n) is 4.96. The minimum absolute atomic E-state index is 0.186. The Hall–Kier alpha value is -0.790. The number of hydrogen-bond donors (Lipinski definition) is 0. The van der Waals surface area contributed by atoms with Gasteiger partial charge in [0.05, 0.1) is 6.61 Å². The van der Waals surface area contributed by atoms with Gasteiger partial charge < -0.3 is 4.74 Å². The number of allylic oxidation sites excluding steroid dienone is 2. The molecule has 0 rings (SSSR count). The van der Waals surface area contributed by atoms with Crippen LogP contribution in [0.3, 0.4) is 0 Å². The van der Waals surface area contributed by atoms with Crippen LogP contribution in [0.5, 0.6) is 0 Å². The molecule has 0 amide bonds. The minimum Gasteiger partial charge on any atom is -0.466 e. The summed E-state index contributed by atoms with van der Waals surface area (Å²) in [4.78, 5) is 10.6. The lowest BCUT2D eigenvalue weighted by atomic mass is 10.00. The quantitative estimate of drug-likeness (QED) is 0.340. The highest BCUT2D eigenvalue weighted by Gasteiger charge is 2.01. The highest BCUT2D eigenvalue weighted by molar-refractivity contribution is 5.65. The fourth-order valence-electron chi connectivity index (χ4n) is 1.68. The van der Waals surface area contributed by atoms with Crippen molar-refractivity contribution >= 4 is 5.97 Å². The second-order valence-corrected chi connectivity index (χ2v) is 4.96. The Labute approximate surface area is 106 Å². The molecule has 2 heteroatoms. The van der Waals surface area contributed by atoms with Crippen LogP contribution in [0, 0.1) is 11.8 Å². The van der Waals surface area contributed by atoms with Crippen molar-refractivity contribution in [3.63, 3.8) is 0 Å². The number of hydrogen-bond acceptors (Lipinski definition) is 2. The smallest absolute Gasteiger partial charge is 0.302 e. The Morgan fingerprint density at radius 1 is 1.12 bits per heavy atom. The first-order valence-corrected chi connectivity index (χ1v) is 6.88. The molecule has 2 unspecified atom stereocenters. The highest BCUT2D eigenvalue weighted by atomic mass is 16.5. The van der Waals surface area contributed by atoms with Crippen LogP contribution in [-0.4, -0.2) is 12.6 Å². The van der Waals surface area contributed by atoms with E-state index in [0.717, 1.165) is 6.42 Å². The molecule has 0 N–H and O–H groups in total. The van der Waals surface area contributed by atoms with Gasteiger partial charge in [-0.25, -0.2) is 0 Å². The van der Waals surface area contributed by atoms with Crippen molar-refractivity contribution in [3.05, 3.63) is 12.2 Å². The molecule has 17 heavy (non-hydrogen) atoms. The van der Waals surface area contributed by atoms with Gasteiger partial charge in [0.1, 0.15) is 0 Å². The minimum atomic E-state index is -0.186. The highest BCUT2D eigenvalue weighted by Crippen LogP contribution is 2.13. The summed E-state index contributed by atoms with van der Waals surface area (Å²) in [6.07, 6.45) is 10.7. The van der Waals surface area contributed by atoms with Crippen molar-refractivity contribution < 1.29 is 9.53 Å². The van der Waals surface area contributed by atoms with E-state index in [0.29, 0.717) is 18.4 Å². The summed E-state index contributed by atoms with van der Waals surface area (Å²) in [5.74, 6) is 0.967. The standard InChI is InChI=1S/C15H28O2/c1-5-6-7-8-13(2)9-10-14(3)11-12-17-15(4)16/h9-10,13-14H,5-8,11-12H2,1-4H3. The number of rotatable bonds is 9. The topological polar surface area (TPSA) is 26.3 Å². The normalized spacial score (nSPS) is 14.8. The Bertz CT molecular complexity index is 221. The van der Waals surface area contributed by atoms with Crippen molar-refractivity contribution in [2.24, 2.45) is 11.8 Å². The SMILES string of the molecule is CCCCCC(C)C=CC(C)CCOC(C)=O. The second kappa shape index (κ2) is 10.4. The molecule has 2 nitrogen and oxygen atoms in total. The maximum atomic E-state index is 10.6. The Kier molecular flexibility index (Phi) is 9.89. The van der Waals surface area contributed by atoms with Crippen LogP contribution in [0.1, 0.15) is 59.8 Å². The summed E-state index contributed by atoms with van der Waals surface area (Å²) in [5.41, 5.74) is 0. The summed E-state index contributed by atoms with van der Waals surface area (Å²) in [6.45, 7) is 8.66. The molecular weight excluding hydrogens is 212 g/mol. The van der Waals surface area contributed by atoms with Gasteiger partial charge in [-0.1, -0.05) is 52.2 Å². The number of unbranched alkanes of at least 4 members (excludes halogenated alkanes) is 2. The maximum absolute atomic E-state index is 10.6. The summed E-state index contributed by atoms with van der Waals surface area (Å²) < 4.78 is 4.93. The number of ether oxygens (including phenoxy) is 1. The molecule has 0 aliphatic carbocycles. The molecule has 0 aromatic rings. The third kappa shape index (κ3) is 11.5. The van der Waals surface area contributed by atoms with Gasteiger partial charge in [0.15, 0.2) is 0 Å². The van der Waals surface area contributed by atoms with Crippen LogP contribution in [0.2, 0.25) is 0 Å². The van der Waals surface area contributed by atoms with Crippen molar-refractivity contribution in [2.45, 2.75) is 59.8 Å². The zero-order chi connectivity index (χ0) is 13.1. The van der Waals surface area contributed by atoms with Crippen molar-refractivity contribution in [1.29, 1.82) is 0 Å². The molecule has 0 aromatic carbocycles. The van der Waals surface area contributed by atoms with Crippen LogP contribution in [0.15, 0.2) is 12.2 Å². The monoisotopic (exact) mass is 240 g/mol. The van der Waals surface area contributed by atoms with E-state index in [1.165, 1.54) is 32.6 Å². The fourth-order valence-corrected chi connectivity index (χ4v) is 1.68. The van der Waals surface area contributed by atoms with E-state index in [2.05, 4.69) is 32.9 Å². The van der Waals surface area contributed by atoms with Crippen LogP contribution in [-0.2, 0) is 9.53 Å². The van der Waals surface area contributed by atoms with Gasteiger partial charge in [-0.05, 0) is 24.7 Å². The largest absolute Gasteiger partial charge is 0.466 e. The first-order valence-electron chi connectivity index (χ1n) is 6.88. The van der Waals surface area contributed by atoms with Crippen molar-refractivity contribution in [2.75, 3.05) is 6.61 Å². The molecule has 0 heterocycles. The zero-order valence-corrected chi connectivity index (χ0v) is 11.9. The Morgan fingerprint density at radius 2 is 1.71 bits per heavy atom.